The van der Waals surface area contributed by atoms with Crippen LogP contribution in [0, 0.1) is 22.2 Å². The predicted octanol–water partition coefficient (Wildman–Crippen LogP) is 5.48. The summed E-state index contributed by atoms with van der Waals surface area (Å²) in [5.74, 6) is 0.298. The van der Waals surface area contributed by atoms with Crippen LogP contribution in [0.15, 0.2) is 84.5 Å². The van der Waals surface area contributed by atoms with Crippen molar-refractivity contribution < 1.29 is 0 Å². The minimum Gasteiger partial charge on any atom is -0.0790 e. The third-order valence-corrected chi connectivity index (χ3v) is 6.17. The van der Waals surface area contributed by atoms with Crippen LogP contribution in [0.5, 0.6) is 0 Å². The van der Waals surface area contributed by atoms with Gasteiger partial charge in [0.25, 0.3) is 0 Å². The van der Waals surface area contributed by atoms with Gasteiger partial charge in [0.2, 0.25) is 0 Å². The Balaban J connectivity index is 2.03. The number of fused-ring (bicyclic) bond motifs is 2. The van der Waals surface area contributed by atoms with E-state index in [9.17, 15) is 0 Å². The summed E-state index contributed by atoms with van der Waals surface area (Å²) < 4.78 is 0. The molecular formula is C27H30. The molecule has 0 bridgehead atoms. The van der Waals surface area contributed by atoms with E-state index in [0.717, 1.165) is 0 Å². The highest BCUT2D eigenvalue weighted by Gasteiger charge is 2.39. The average Bonchev–Trinajstić information content (AvgIpc) is 2.79. The number of allylic oxidation sites excluding steroid dienone is 10. The van der Waals surface area contributed by atoms with Gasteiger partial charge in [0.05, 0.1) is 0 Å². The van der Waals surface area contributed by atoms with E-state index in [1.54, 1.807) is 0 Å². The normalized spacial score (nSPS) is 29.9. The first-order chi connectivity index (χ1) is 12.7. The molecular weight excluding hydrogens is 324 g/mol. The van der Waals surface area contributed by atoms with Crippen LogP contribution in [0.2, 0.25) is 0 Å². The van der Waals surface area contributed by atoms with E-state index in [-0.39, 0.29) is 16.2 Å². The quantitative estimate of drug-likeness (QED) is 0.585. The van der Waals surface area contributed by atoms with E-state index in [1.807, 2.05) is 0 Å². The third-order valence-electron chi connectivity index (χ3n) is 6.17. The molecule has 0 fully saturated rings. The summed E-state index contributed by atoms with van der Waals surface area (Å²) in [5, 5.41) is 2.70. The smallest absolute Gasteiger partial charge is 0.0207 e. The van der Waals surface area contributed by atoms with Crippen LogP contribution >= 0.6 is 0 Å². The van der Waals surface area contributed by atoms with Crippen LogP contribution in [0.4, 0.5) is 0 Å². The first-order valence-electron chi connectivity index (χ1n) is 10.0. The molecule has 0 saturated heterocycles. The van der Waals surface area contributed by atoms with Crippen LogP contribution in [0.25, 0.3) is 11.6 Å². The Morgan fingerprint density at radius 1 is 0.741 bits per heavy atom. The van der Waals surface area contributed by atoms with E-state index in [1.165, 1.54) is 21.6 Å². The van der Waals surface area contributed by atoms with Crippen LogP contribution in [0.1, 0.15) is 34.6 Å². The van der Waals surface area contributed by atoms with Gasteiger partial charge in [0.1, 0.15) is 0 Å². The van der Waals surface area contributed by atoms with Gasteiger partial charge >= 0.3 is 0 Å². The minimum atomic E-state index is -0.0414. The molecule has 0 spiro atoms. The zero-order valence-electron chi connectivity index (χ0n) is 17.2. The van der Waals surface area contributed by atoms with Crippen LogP contribution in [0.3, 0.4) is 0 Å². The van der Waals surface area contributed by atoms with Crippen molar-refractivity contribution >= 4 is 11.6 Å². The van der Waals surface area contributed by atoms with E-state index in [4.69, 9.17) is 0 Å². The van der Waals surface area contributed by atoms with Gasteiger partial charge in [-0.25, -0.2) is 0 Å². The second kappa shape index (κ2) is 6.09. The molecule has 1 aromatic rings. The van der Waals surface area contributed by atoms with E-state index in [2.05, 4.69) is 120 Å². The first-order valence-corrected chi connectivity index (χ1v) is 10.0. The topological polar surface area (TPSA) is 0 Å². The van der Waals surface area contributed by atoms with Crippen LogP contribution in [-0.4, -0.2) is 0 Å². The Morgan fingerprint density at radius 2 is 1.48 bits per heavy atom. The molecule has 2 atom stereocenters. The van der Waals surface area contributed by atoms with Crippen molar-refractivity contribution in [2.45, 2.75) is 34.6 Å². The van der Waals surface area contributed by atoms with Gasteiger partial charge in [-0.05, 0) is 21.6 Å². The molecule has 0 amide bonds. The maximum Gasteiger partial charge on any atom is 0.0207 e. The van der Waals surface area contributed by atoms with Crippen molar-refractivity contribution in [3.8, 4) is 0 Å². The molecule has 3 aliphatic rings. The van der Waals surface area contributed by atoms with Crippen LogP contribution in [-0.2, 0) is 0 Å². The highest BCUT2D eigenvalue weighted by molar-refractivity contribution is 5.68. The Labute approximate surface area is 163 Å². The number of hydrogen-bond acceptors (Lipinski definition) is 0. The van der Waals surface area contributed by atoms with Gasteiger partial charge < -0.3 is 0 Å². The van der Waals surface area contributed by atoms with Gasteiger partial charge in [-0.3, -0.25) is 0 Å². The molecule has 0 aliphatic heterocycles. The van der Waals surface area contributed by atoms with E-state index in [0.29, 0.717) is 5.92 Å². The van der Waals surface area contributed by atoms with Crippen molar-refractivity contribution in [2.75, 3.05) is 0 Å². The van der Waals surface area contributed by atoms with E-state index >= 15 is 0 Å². The minimum absolute atomic E-state index is 0.0414. The molecule has 4 rings (SSSR count). The molecule has 0 nitrogen and oxygen atoms in total. The molecule has 0 N–H and O–H groups in total. The Kier molecular flexibility index (Phi) is 4.07. The molecule has 0 heteroatoms. The summed E-state index contributed by atoms with van der Waals surface area (Å²) in [6.45, 7) is 11.5. The SMILES string of the molecule is CC1(C)C=CC(C2=c3ccccc3=CC(C)(C)C=C2)C2(C)C=CC=CC2=C1. The maximum absolute atomic E-state index is 2.45. The molecule has 0 saturated carbocycles. The summed E-state index contributed by atoms with van der Waals surface area (Å²) in [6, 6.07) is 8.85. The molecule has 3 aliphatic carbocycles. The number of hydrogen-bond donors (Lipinski definition) is 0. The molecule has 2 unspecified atom stereocenters. The molecule has 0 heterocycles. The highest BCUT2D eigenvalue weighted by atomic mass is 14.4. The van der Waals surface area contributed by atoms with Gasteiger partial charge in [0, 0.05) is 22.2 Å². The summed E-state index contributed by atoms with van der Waals surface area (Å²) in [6.07, 6.45) is 23.5. The largest absolute Gasteiger partial charge is 0.0790 e. The van der Waals surface area contributed by atoms with Crippen molar-refractivity contribution in [1.29, 1.82) is 0 Å². The van der Waals surface area contributed by atoms with Crippen molar-refractivity contribution in [1.82, 2.24) is 0 Å². The van der Waals surface area contributed by atoms with Gasteiger partial charge in [-0.15, -0.1) is 0 Å². The zero-order chi connectivity index (χ0) is 19.3. The Hall–Kier alpha value is -2.34. The van der Waals surface area contributed by atoms with Crippen molar-refractivity contribution in [2.24, 2.45) is 22.2 Å². The Morgan fingerprint density at radius 3 is 2.30 bits per heavy atom. The monoisotopic (exact) mass is 354 g/mol. The second-order valence-corrected chi connectivity index (χ2v) is 9.60. The number of benzene rings is 1. The lowest BCUT2D eigenvalue weighted by atomic mass is 9.66. The second-order valence-electron chi connectivity index (χ2n) is 9.60. The van der Waals surface area contributed by atoms with Crippen molar-refractivity contribution in [3.63, 3.8) is 0 Å². The highest BCUT2D eigenvalue weighted by Crippen LogP contribution is 2.48. The van der Waals surface area contributed by atoms with Gasteiger partial charge in [-0.1, -0.05) is 120 Å². The molecule has 27 heavy (non-hydrogen) atoms. The van der Waals surface area contributed by atoms with Crippen molar-refractivity contribution in [3.05, 3.63) is 95.0 Å². The average molecular weight is 355 g/mol. The van der Waals surface area contributed by atoms with Gasteiger partial charge in [-0.2, -0.15) is 0 Å². The third kappa shape index (κ3) is 3.23. The molecule has 138 valence electrons. The van der Waals surface area contributed by atoms with E-state index < -0.39 is 0 Å². The Bertz CT molecular complexity index is 1030. The first kappa shape index (κ1) is 18.0. The lowest BCUT2D eigenvalue weighted by Crippen LogP contribution is -2.34. The summed E-state index contributed by atoms with van der Waals surface area (Å²) in [4.78, 5) is 0. The molecule has 0 radical (unpaired) electrons. The fourth-order valence-corrected chi connectivity index (χ4v) is 4.60. The summed E-state index contributed by atoms with van der Waals surface area (Å²) in [7, 11) is 0. The van der Waals surface area contributed by atoms with Crippen LogP contribution < -0.4 is 10.4 Å². The maximum atomic E-state index is 2.45. The standard InChI is InChI=1S/C27H30/c1-25(2)16-13-23(22-12-7-6-10-20(22)18-25)24-14-17-26(3,4)19-21-11-8-9-15-27(21,24)5/h6-19,24H,1-5H3. The predicted molar refractivity (Wildman–Crippen MR) is 117 cm³/mol. The number of rotatable bonds is 1. The molecule has 1 aromatic carbocycles. The molecule has 0 aromatic heterocycles. The summed E-state index contributed by atoms with van der Waals surface area (Å²) >= 11 is 0. The summed E-state index contributed by atoms with van der Waals surface area (Å²) in [5.41, 5.74) is 2.89. The zero-order valence-corrected chi connectivity index (χ0v) is 17.2. The fourth-order valence-electron chi connectivity index (χ4n) is 4.60. The fraction of sp³-hybridized carbons (Fsp3) is 0.333. The lowest BCUT2D eigenvalue weighted by Gasteiger charge is -2.37. The van der Waals surface area contributed by atoms with Gasteiger partial charge in [0.15, 0.2) is 0 Å². The lowest BCUT2D eigenvalue weighted by molar-refractivity contribution is 0.450.